The minimum absolute atomic E-state index is 0.152. The van der Waals surface area contributed by atoms with Gasteiger partial charge in [0.15, 0.2) is 11.6 Å². The van der Waals surface area contributed by atoms with E-state index in [1.54, 1.807) is 12.5 Å². The number of nitrogens with zero attached hydrogens (tertiary/aromatic N) is 2. The van der Waals surface area contributed by atoms with Crippen molar-refractivity contribution in [3.05, 3.63) is 36.4 Å². The summed E-state index contributed by atoms with van der Waals surface area (Å²) in [5, 5.41) is 0. The molecule has 2 heterocycles. The van der Waals surface area contributed by atoms with Crippen LogP contribution in [-0.4, -0.2) is 16.0 Å². The highest BCUT2D eigenvalue weighted by Gasteiger charge is 2.07. The summed E-state index contributed by atoms with van der Waals surface area (Å²) in [6.45, 7) is 2.07. The van der Waals surface area contributed by atoms with Crippen LogP contribution in [0.4, 0.5) is 0 Å². The van der Waals surface area contributed by atoms with E-state index in [1.165, 1.54) is 0 Å². The highest BCUT2D eigenvalue weighted by Crippen LogP contribution is 2.15. The van der Waals surface area contributed by atoms with E-state index in [2.05, 4.69) is 16.9 Å². The lowest BCUT2D eigenvalue weighted by molar-refractivity contribution is 0.575. The summed E-state index contributed by atoms with van der Waals surface area (Å²) in [5.74, 6) is 1.30. The maximum absolute atomic E-state index is 5.89. The lowest BCUT2D eigenvalue weighted by Crippen LogP contribution is -2.22. The third-order valence-electron chi connectivity index (χ3n) is 2.45. The fraction of sp³-hybridized carbons (Fsp3) is 0.333. The zero-order valence-corrected chi connectivity index (χ0v) is 9.26. The third kappa shape index (κ3) is 2.46. The van der Waals surface area contributed by atoms with Crippen LogP contribution < -0.4 is 5.73 Å². The molecule has 0 saturated heterocycles. The molecule has 0 aromatic carbocycles. The standard InChI is InChI=1S/C12H15N3O/c1-2-9(13)8-10-5-6-14-12(15-10)11-4-3-7-16-11/h3-7,9H,2,8,13H2,1H3. The summed E-state index contributed by atoms with van der Waals surface area (Å²) < 4.78 is 5.25. The van der Waals surface area contributed by atoms with Gasteiger partial charge in [0.25, 0.3) is 0 Å². The van der Waals surface area contributed by atoms with Crippen LogP contribution in [0.1, 0.15) is 19.0 Å². The summed E-state index contributed by atoms with van der Waals surface area (Å²) in [7, 11) is 0. The van der Waals surface area contributed by atoms with Gasteiger partial charge in [-0.15, -0.1) is 0 Å². The van der Waals surface area contributed by atoms with Gasteiger partial charge in [0.2, 0.25) is 0 Å². The Kier molecular flexibility index (Phi) is 3.31. The molecule has 2 aromatic heterocycles. The molecule has 2 aromatic rings. The van der Waals surface area contributed by atoms with Crippen molar-refractivity contribution >= 4 is 0 Å². The van der Waals surface area contributed by atoms with Gasteiger partial charge in [0, 0.05) is 24.4 Å². The summed E-state index contributed by atoms with van der Waals surface area (Å²) >= 11 is 0. The first kappa shape index (κ1) is 10.8. The first-order valence-corrected chi connectivity index (χ1v) is 5.41. The molecule has 0 fully saturated rings. The monoisotopic (exact) mass is 217 g/mol. The van der Waals surface area contributed by atoms with E-state index < -0.39 is 0 Å². The minimum atomic E-state index is 0.152. The molecule has 84 valence electrons. The van der Waals surface area contributed by atoms with Crippen molar-refractivity contribution in [3.8, 4) is 11.6 Å². The molecule has 0 bridgehead atoms. The molecule has 0 spiro atoms. The van der Waals surface area contributed by atoms with Gasteiger partial charge in [-0.2, -0.15) is 0 Å². The average molecular weight is 217 g/mol. The molecule has 0 saturated carbocycles. The maximum Gasteiger partial charge on any atom is 0.195 e. The van der Waals surface area contributed by atoms with E-state index in [4.69, 9.17) is 10.2 Å². The predicted molar refractivity (Wildman–Crippen MR) is 61.7 cm³/mol. The van der Waals surface area contributed by atoms with Crippen LogP contribution in [0, 0.1) is 0 Å². The van der Waals surface area contributed by atoms with Gasteiger partial charge in [0.05, 0.1) is 6.26 Å². The quantitative estimate of drug-likeness (QED) is 0.850. The topological polar surface area (TPSA) is 64.9 Å². The van der Waals surface area contributed by atoms with Crippen molar-refractivity contribution in [1.82, 2.24) is 9.97 Å². The van der Waals surface area contributed by atoms with E-state index in [0.717, 1.165) is 18.5 Å². The molecule has 0 radical (unpaired) electrons. The van der Waals surface area contributed by atoms with Gasteiger partial charge in [0.1, 0.15) is 0 Å². The lowest BCUT2D eigenvalue weighted by Gasteiger charge is -2.07. The number of nitrogens with two attached hydrogens (primary N) is 1. The van der Waals surface area contributed by atoms with E-state index >= 15 is 0 Å². The fourth-order valence-corrected chi connectivity index (χ4v) is 1.45. The molecule has 0 aliphatic rings. The molecule has 4 nitrogen and oxygen atoms in total. The van der Waals surface area contributed by atoms with Crippen LogP contribution in [0.2, 0.25) is 0 Å². The lowest BCUT2D eigenvalue weighted by atomic mass is 10.1. The Morgan fingerprint density at radius 3 is 3.00 bits per heavy atom. The number of hydrogen-bond acceptors (Lipinski definition) is 4. The third-order valence-corrected chi connectivity index (χ3v) is 2.45. The van der Waals surface area contributed by atoms with Crippen molar-refractivity contribution in [2.75, 3.05) is 0 Å². The minimum Gasteiger partial charge on any atom is -0.461 e. The molecule has 16 heavy (non-hydrogen) atoms. The zero-order valence-electron chi connectivity index (χ0n) is 9.26. The van der Waals surface area contributed by atoms with Crippen LogP contribution in [-0.2, 0) is 6.42 Å². The highest BCUT2D eigenvalue weighted by atomic mass is 16.3. The van der Waals surface area contributed by atoms with Crippen molar-refractivity contribution < 1.29 is 4.42 Å². The van der Waals surface area contributed by atoms with E-state index in [-0.39, 0.29) is 6.04 Å². The second-order valence-corrected chi connectivity index (χ2v) is 3.72. The van der Waals surface area contributed by atoms with Crippen LogP contribution in [0.5, 0.6) is 0 Å². The van der Waals surface area contributed by atoms with Crippen molar-refractivity contribution in [2.24, 2.45) is 5.73 Å². The Balaban J connectivity index is 2.20. The molecule has 0 aliphatic heterocycles. The smallest absolute Gasteiger partial charge is 0.195 e. The van der Waals surface area contributed by atoms with Gasteiger partial charge in [-0.25, -0.2) is 9.97 Å². The second kappa shape index (κ2) is 4.90. The van der Waals surface area contributed by atoms with Crippen LogP contribution in [0.3, 0.4) is 0 Å². The fourth-order valence-electron chi connectivity index (χ4n) is 1.45. The largest absolute Gasteiger partial charge is 0.461 e. The van der Waals surface area contributed by atoms with Gasteiger partial charge < -0.3 is 10.2 Å². The first-order valence-electron chi connectivity index (χ1n) is 5.41. The van der Waals surface area contributed by atoms with E-state index in [9.17, 15) is 0 Å². The normalized spacial score (nSPS) is 12.6. The number of aromatic nitrogens is 2. The van der Waals surface area contributed by atoms with Crippen LogP contribution >= 0.6 is 0 Å². The van der Waals surface area contributed by atoms with Gasteiger partial charge >= 0.3 is 0 Å². The molecule has 0 amide bonds. The molecule has 2 N–H and O–H groups in total. The summed E-state index contributed by atoms with van der Waals surface area (Å²) in [6, 6.07) is 5.71. The maximum atomic E-state index is 5.89. The molecular weight excluding hydrogens is 202 g/mol. The molecular formula is C12H15N3O. The Hall–Kier alpha value is -1.68. The summed E-state index contributed by atoms with van der Waals surface area (Å²) in [4.78, 5) is 8.59. The molecule has 1 unspecified atom stereocenters. The number of hydrogen-bond donors (Lipinski definition) is 1. The van der Waals surface area contributed by atoms with Crippen molar-refractivity contribution in [2.45, 2.75) is 25.8 Å². The molecule has 2 rings (SSSR count). The zero-order chi connectivity index (χ0) is 11.4. The Morgan fingerprint density at radius 2 is 2.31 bits per heavy atom. The summed E-state index contributed by atoms with van der Waals surface area (Å²) in [6.07, 6.45) is 5.07. The second-order valence-electron chi connectivity index (χ2n) is 3.72. The van der Waals surface area contributed by atoms with Gasteiger partial charge in [-0.1, -0.05) is 6.92 Å². The van der Waals surface area contributed by atoms with Crippen LogP contribution in [0.25, 0.3) is 11.6 Å². The van der Waals surface area contributed by atoms with Crippen molar-refractivity contribution in [3.63, 3.8) is 0 Å². The number of furan rings is 1. The number of rotatable bonds is 4. The Morgan fingerprint density at radius 1 is 1.44 bits per heavy atom. The van der Waals surface area contributed by atoms with Crippen molar-refractivity contribution in [1.29, 1.82) is 0 Å². The average Bonchev–Trinajstić information content (AvgIpc) is 2.83. The molecule has 4 heteroatoms. The Bertz CT molecular complexity index is 439. The highest BCUT2D eigenvalue weighted by molar-refractivity contribution is 5.45. The first-order chi connectivity index (χ1) is 7.79. The van der Waals surface area contributed by atoms with Gasteiger partial charge in [-0.3, -0.25) is 0 Å². The SMILES string of the molecule is CCC(N)Cc1ccnc(-c2ccco2)n1. The van der Waals surface area contributed by atoms with E-state index in [0.29, 0.717) is 11.6 Å². The van der Waals surface area contributed by atoms with E-state index in [1.807, 2.05) is 18.2 Å². The summed E-state index contributed by atoms with van der Waals surface area (Å²) in [5.41, 5.74) is 6.84. The van der Waals surface area contributed by atoms with Crippen LogP contribution in [0.15, 0.2) is 35.1 Å². The Labute approximate surface area is 94.5 Å². The molecule has 0 aliphatic carbocycles. The predicted octanol–water partition coefficient (Wildman–Crippen LogP) is 2.02. The molecule has 1 atom stereocenters. The van der Waals surface area contributed by atoms with Gasteiger partial charge in [-0.05, 0) is 24.6 Å².